The van der Waals surface area contributed by atoms with Crippen molar-refractivity contribution in [1.29, 1.82) is 0 Å². The Hall–Kier alpha value is -3.61. The number of benzene rings is 2. The summed E-state index contributed by atoms with van der Waals surface area (Å²) in [6.45, 7) is 4.14. The predicted octanol–water partition coefficient (Wildman–Crippen LogP) is 3.63. The minimum Gasteiger partial charge on any atom is -0.370 e. The van der Waals surface area contributed by atoms with Crippen LogP contribution >= 0.6 is 0 Å². The van der Waals surface area contributed by atoms with Gasteiger partial charge >= 0.3 is 0 Å². The molecule has 3 aromatic rings. The number of carbonyl (C=O) groups excluding carboxylic acids is 2. The average molecular weight is 444 g/mol. The van der Waals surface area contributed by atoms with Gasteiger partial charge in [0.25, 0.3) is 5.91 Å². The first-order chi connectivity index (χ1) is 16.2. The minimum absolute atomic E-state index is 0.124. The molecule has 7 heteroatoms. The molecule has 2 fully saturated rings. The Morgan fingerprint density at radius 2 is 1.73 bits per heavy atom. The molecule has 0 unspecified atom stereocenters. The second-order valence-electron chi connectivity index (χ2n) is 8.87. The zero-order valence-electron chi connectivity index (χ0n) is 18.7. The summed E-state index contributed by atoms with van der Waals surface area (Å²) in [5, 5.41) is 2.98. The molecule has 0 bridgehead atoms. The van der Waals surface area contributed by atoms with E-state index in [-0.39, 0.29) is 11.8 Å². The van der Waals surface area contributed by atoms with Gasteiger partial charge in [0, 0.05) is 68.0 Å². The first-order valence-electron chi connectivity index (χ1n) is 11.7. The van der Waals surface area contributed by atoms with Crippen molar-refractivity contribution in [1.82, 2.24) is 14.5 Å². The van der Waals surface area contributed by atoms with Crippen LogP contribution in [0.4, 0.5) is 11.4 Å². The number of nitrogens with one attached hydrogen (secondary N) is 1. The predicted molar refractivity (Wildman–Crippen MR) is 128 cm³/mol. The molecule has 1 aromatic heterocycles. The van der Waals surface area contributed by atoms with Crippen molar-refractivity contribution in [3.05, 3.63) is 78.4 Å². The Morgan fingerprint density at radius 3 is 2.42 bits per heavy atom. The normalized spacial score (nSPS) is 16.4. The lowest BCUT2D eigenvalue weighted by Gasteiger charge is -2.24. The van der Waals surface area contributed by atoms with Crippen molar-refractivity contribution in [2.45, 2.75) is 25.8 Å². The second kappa shape index (κ2) is 9.48. The van der Waals surface area contributed by atoms with Crippen LogP contribution in [0.5, 0.6) is 0 Å². The van der Waals surface area contributed by atoms with Crippen LogP contribution in [0.1, 0.15) is 35.2 Å². The molecule has 2 amide bonds. The molecule has 0 spiro atoms. The highest BCUT2D eigenvalue weighted by atomic mass is 16.2. The van der Waals surface area contributed by atoms with Gasteiger partial charge in [-0.3, -0.25) is 9.59 Å². The fourth-order valence-electron chi connectivity index (χ4n) is 4.30. The van der Waals surface area contributed by atoms with Crippen molar-refractivity contribution in [2.24, 2.45) is 5.92 Å². The number of hydrogen-bond acceptors (Lipinski definition) is 4. The number of carbonyl (C=O) groups is 2. The number of nitrogens with zero attached hydrogens (tertiary/aromatic N) is 4. The van der Waals surface area contributed by atoms with E-state index in [1.165, 1.54) is 0 Å². The van der Waals surface area contributed by atoms with E-state index in [1.54, 1.807) is 12.5 Å². The topological polar surface area (TPSA) is 70.5 Å². The maximum atomic E-state index is 12.7. The molecule has 1 N–H and O–H groups in total. The first-order valence-corrected chi connectivity index (χ1v) is 11.7. The summed E-state index contributed by atoms with van der Waals surface area (Å²) >= 11 is 0. The van der Waals surface area contributed by atoms with E-state index in [1.807, 2.05) is 64.2 Å². The fraction of sp³-hybridized carbons (Fsp3) is 0.346. The SMILES string of the molecule is O=C(Nc1ccc(N2CCCN(C(=O)C3CC3)CC2)cc1)c1ccc(Cn2ccnc2)cc1. The maximum absolute atomic E-state index is 12.7. The van der Waals surface area contributed by atoms with Crippen LogP contribution in [0.25, 0.3) is 0 Å². The van der Waals surface area contributed by atoms with Gasteiger partial charge in [0.15, 0.2) is 0 Å². The summed E-state index contributed by atoms with van der Waals surface area (Å²) in [5.41, 5.74) is 3.63. The van der Waals surface area contributed by atoms with E-state index in [0.29, 0.717) is 11.5 Å². The first kappa shape index (κ1) is 21.2. The van der Waals surface area contributed by atoms with Crippen LogP contribution in [0.2, 0.25) is 0 Å². The smallest absolute Gasteiger partial charge is 0.255 e. The van der Waals surface area contributed by atoms with Gasteiger partial charge in [-0.25, -0.2) is 4.98 Å². The Labute approximate surface area is 194 Å². The summed E-state index contributed by atoms with van der Waals surface area (Å²) in [6.07, 6.45) is 8.54. The molecule has 2 heterocycles. The molecule has 1 aliphatic carbocycles. The highest BCUT2D eigenvalue weighted by molar-refractivity contribution is 6.04. The van der Waals surface area contributed by atoms with E-state index in [0.717, 1.165) is 68.9 Å². The lowest BCUT2D eigenvalue weighted by atomic mass is 10.1. The molecule has 5 rings (SSSR count). The third-order valence-electron chi connectivity index (χ3n) is 6.36. The molecule has 7 nitrogen and oxygen atoms in total. The molecular formula is C26H29N5O2. The molecule has 170 valence electrons. The number of imidazole rings is 1. The van der Waals surface area contributed by atoms with Crippen LogP contribution < -0.4 is 10.2 Å². The van der Waals surface area contributed by atoms with Crippen LogP contribution in [0.3, 0.4) is 0 Å². The monoisotopic (exact) mass is 443 g/mol. The number of amides is 2. The largest absolute Gasteiger partial charge is 0.370 e. The molecule has 1 saturated carbocycles. The Kier molecular flexibility index (Phi) is 6.11. The number of hydrogen-bond donors (Lipinski definition) is 1. The Balaban J connectivity index is 1.16. The van der Waals surface area contributed by atoms with E-state index >= 15 is 0 Å². The van der Waals surface area contributed by atoms with Crippen LogP contribution in [0.15, 0.2) is 67.3 Å². The molecule has 1 aliphatic heterocycles. The summed E-state index contributed by atoms with van der Waals surface area (Å²) in [5.74, 6) is 0.498. The Bertz CT molecular complexity index is 1090. The van der Waals surface area contributed by atoms with Gasteiger partial charge < -0.3 is 19.7 Å². The molecular weight excluding hydrogens is 414 g/mol. The maximum Gasteiger partial charge on any atom is 0.255 e. The van der Waals surface area contributed by atoms with Gasteiger partial charge in [-0.1, -0.05) is 12.1 Å². The second-order valence-corrected chi connectivity index (χ2v) is 8.87. The summed E-state index contributed by atoms with van der Waals surface area (Å²) in [4.78, 5) is 33.4. The van der Waals surface area contributed by atoms with Crippen LogP contribution in [-0.4, -0.2) is 52.4 Å². The zero-order chi connectivity index (χ0) is 22.6. The third-order valence-corrected chi connectivity index (χ3v) is 6.36. The lowest BCUT2D eigenvalue weighted by molar-refractivity contribution is -0.132. The van der Waals surface area contributed by atoms with E-state index in [4.69, 9.17) is 0 Å². The van der Waals surface area contributed by atoms with Gasteiger partial charge in [0.2, 0.25) is 5.91 Å². The highest BCUT2D eigenvalue weighted by Crippen LogP contribution is 2.31. The van der Waals surface area contributed by atoms with Crippen LogP contribution in [0, 0.1) is 5.92 Å². The third kappa shape index (κ3) is 5.25. The van der Waals surface area contributed by atoms with Gasteiger partial charge in [-0.05, 0) is 61.2 Å². The molecule has 0 radical (unpaired) electrons. The van der Waals surface area contributed by atoms with Gasteiger partial charge in [-0.2, -0.15) is 0 Å². The summed E-state index contributed by atoms with van der Waals surface area (Å²) in [7, 11) is 0. The summed E-state index contributed by atoms with van der Waals surface area (Å²) in [6, 6.07) is 15.6. The van der Waals surface area contributed by atoms with Crippen molar-refractivity contribution in [2.75, 3.05) is 36.4 Å². The number of anilines is 2. The molecule has 33 heavy (non-hydrogen) atoms. The zero-order valence-corrected chi connectivity index (χ0v) is 18.7. The molecule has 2 aliphatic rings. The number of aromatic nitrogens is 2. The van der Waals surface area contributed by atoms with Crippen molar-refractivity contribution in [3.8, 4) is 0 Å². The Morgan fingerprint density at radius 1 is 0.939 bits per heavy atom. The lowest BCUT2D eigenvalue weighted by Crippen LogP contribution is -2.36. The standard InChI is InChI=1S/C26H29N5O2/c32-25(21-4-2-20(3-5-21)18-29-15-12-27-19-29)28-23-8-10-24(11-9-23)30-13-1-14-31(17-16-30)26(33)22-6-7-22/h2-5,8-12,15,19,22H,1,6-7,13-14,16-18H2,(H,28,32). The van der Waals surface area contributed by atoms with Gasteiger partial charge in [-0.15, -0.1) is 0 Å². The molecule has 1 saturated heterocycles. The van der Waals surface area contributed by atoms with Gasteiger partial charge in [0.05, 0.1) is 6.33 Å². The number of rotatable bonds is 6. The van der Waals surface area contributed by atoms with E-state index in [9.17, 15) is 9.59 Å². The van der Waals surface area contributed by atoms with Crippen LogP contribution in [-0.2, 0) is 11.3 Å². The fourth-order valence-corrected chi connectivity index (χ4v) is 4.30. The quantitative estimate of drug-likeness (QED) is 0.632. The minimum atomic E-state index is -0.124. The van der Waals surface area contributed by atoms with E-state index < -0.39 is 0 Å². The summed E-state index contributed by atoms with van der Waals surface area (Å²) < 4.78 is 1.99. The van der Waals surface area contributed by atoms with Crippen molar-refractivity contribution >= 4 is 23.2 Å². The molecule has 0 atom stereocenters. The highest BCUT2D eigenvalue weighted by Gasteiger charge is 2.33. The van der Waals surface area contributed by atoms with Crippen molar-refractivity contribution < 1.29 is 9.59 Å². The molecule has 2 aromatic carbocycles. The van der Waals surface area contributed by atoms with Gasteiger partial charge in [0.1, 0.15) is 0 Å². The van der Waals surface area contributed by atoms with E-state index in [2.05, 4.69) is 15.2 Å². The van der Waals surface area contributed by atoms with Crippen molar-refractivity contribution in [3.63, 3.8) is 0 Å². The average Bonchev–Trinajstić information content (AvgIpc) is 3.62.